The summed E-state index contributed by atoms with van der Waals surface area (Å²) in [6.07, 6.45) is 1.98. The van der Waals surface area contributed by atoms with E-state index in [0.717, 1.165) is 6.54 Å². The molecule has 86 valence electrons. The number of nitrogens with zero attached hydrogens (tertiary/aromatic N) is 2. The predicted molar refractivity (Wildman–Crippen MR) is 64.1 cm³/mol. The van der Waals surface area contributed by atoms with Crippen LogP contribution < -0.4 is 5.32 Å². The van der Waals surface area contributed by atoms with Crippen LogP contribution in [0.25, 0.3) is 0 Å². The van der Waals surface area contributed by atoms with Gasteiger partial charge in [0.25, 0.3) is 0 Å². The average molecular weight is 209 g/mol. The van der Waals surface area contributed by atoms with Crippen LogP contribution in [0, 0.1) is 0 Å². The Kier molecular flexibility index (Phi) is 3.55. The van der Waals surface area contributed by atoms with Crippen molar-refractivity contribution in [1.82, 2.24) is 15.1 Å². The molecule has 0 amide bonds. The van der Waals surface area contributed by atoms with E-state index >= 15 is 0 Å². The largest absolute Gasteiger partial charge is 0.316 e. The van der Waals surface area contributed by atoms with Crippen LogP contribution >= 0.6 is 0 Å². The molecular formula is C12H23N3. The molecule has 15 heavy (non-hydrogen) atoms. The highest BCUT2D eigenvalue weighted by Crippen LogP contribution is 2.25. The fraction of sp³-hybridized carbons (Fsp3) is 0.750. The third-order valence-electron chi connectivity index (χ3n) is 2.44. The lowest BCUT2D eigenvalue weighted by Crippen LogP contribution is -2.26. The summed E-state index contributed by atoms with van der Waals surface area (Å²) in [5.74, 6) is 0.509. The first kappa shape index (κ1) is 12.2. The third-order valence-corrected chi connectivity index (χ3v) is 2.44. The molecule has 3 heteroatoms. The Morgan fingerprint density at radius 3 is 2.40 bits per heavy atom. The molecule has 0 aliphatic carbocycles. The topological polar surface area (TPSA) is 29.9 Å². The molecule has 3 nitrogen and oxygen atoms in total. The fourth-order valence-corrected chi connectivity index (χ4v) is 1.87. The highest BCUT2D eigenvalue weighted by atomic mass is 15.3. The van der Waals surface area contributed by atoms with Gasteiger partial charge in [0, 0.05) is 17.8 Å². The Labute approximate surface area is 92.9 Å². The molecular weight excluding hydrogens is 186 g/mol. The van der Waals surface area contributed by atoms with Gasteiger partial charge in [-0.05, 0) is 33.7 Å². The second kappa shape index (κ2) is 4.35. The number of nitrogens with one attached hydrogen (secondary N) is 1. The van der Waals surface area contributed by atoms with E-state index in [0.29, 0.717) is 5.92 Å². The highest BCUT2D eigenvalue weighted by Gasteiger charge is 2.22. The fourth-order valence-electron chi connectivity index (χ4n) is 1.87. The van der Waals surface area contributed by atoms with Crippen LogP contribution in [-0.2, 0) is 12.1 Å². The third kappa shape index (κ3) is 2.59. The van der Waals surface area contributed by atoms with Crippen molar-refractivity contribution < 1.29 is 0 Å². The normalized spacial score (nSPS) is 12.5. The van der Waals surface area contributed by atoms with Gasteiger partial charge in [-0.25, -0.2) is 0 Å². The molecule has 0 saturated heterocycles. The summed E-state index contributed by atoms with van der Waals surface area (Å²) in [5, 5.41) is 7.69. The van der Waals surface area contributed by atoms with E-state index in [9.17, 15) is 0 Å². The van der Waals surface area contributed by atoms with E-state index in [2.05, 4.69) is 49.7 Å². The second-order valence-corrected chi connectivity index (χ2v) is 5.32. The van der Waals surface area contributed by atoms with Crippen LogP contribution in [0.3, 0.4) is 0 Å². The molecule has 0 radical (unpaired) electrons. The second-order valence-electron chi connectivity index (χ2n) is 5.32. The van der Waals surface area contributed by atoms with Gasteiger partial charge in [0.2, 0.25) is 0 Å². The Morgan fingerprint density at radius 2 is 2.00 bits per heavy atom. The van der Waals surface area contributed by atoms with Crippen LogP contribution in [0.5, 0.6) is 0 Å². The molecule has 0 aromatic carbocycles. The molecule has 0 saturated carbocycles. The van der Waals surface area contributed by atoms with Gasteiger partial charge in [0.15, 0.2) is 0 Å². The predicted octanol–water partition coefficient (Wildman–Crippen LogP) is 2.48. The van der Waals surface area contributed by atoms with E-state index in [1.807, 2.05) is 13.2 Å². The van der Waals surface area contributed by atoms with Crippen molar-refractivity contribution in [2.75, 3.05) is 7.05 Å². The van der Waals surface area contributed by atoms with Gasteiger partial charge in [-0.1, -0.05) is 13.8 Å². The molecule has 1 aromatic rings. The molecule has 0 aliphatic rings. The van der Waals surface area contributed by atoms with Crippen LogP contribution in [-0.4, -0.2) is 16.8 Å². The maximum atomic E-state index is 4.50. The zero-order valence-electron chi connectivity index (χ0n) is 10.8. The van der Waals surface area contributed by atoms with Gasteiger partial charge in [0.05, 0.1) is 11.7 Å². The summed E-state index contributed by atoms with van der Waals surface area (Å²) < 4.78 is 2.14. The Morgan fingerprint density at radius 1 is 1.40 bits per heavy atom. The molecule has 0 aliphatic heterocycles. The minimum absolute atomic E-state index is 0.0611. The Balaban J connectivity index is 3.18. The maximum Gasteiger partial charge on any atom is 0.0546 e. The van der Waals surface area contributed by atoms with Crippen LogP contribution in [0.4, 0.5) is 0 Å². The first-order valence-electron chi connectivity index (χ1n) is 5.59. The van der Waals surface area contributed by atoms with Crippen LogP contribution in [0.15, 0.2) is 6.20 Å². The number of hydrogen-bond acceptors (Lipinski definition) is 2. The lowest BCUT2D eigenvalue weighted by atomic mass is 10.0. The van der Waals surface area contributed by atoms with Gasteiger partial charge < -0.3 is 5.32 Å². The SMILES string of the molecule is CNCc1cnn(C(C)(C)C)c1C(C)C. The van der Waals surface area contributed by atoms with Crippen molar-refractivity contribution in [2.24, 2.45) is 0 Å². The molecule has 0 bridgehead atoms. The molecule has 1 N–H and O–H groups in total. The van der Waals surface area contributed by atoms with Crippen LogP contribution in [0.1, 0.15) is 51.8 Å². The molecule has 1 rings (SSSR count). The zero-order chi connectivity index (χ0) is 11.6. The van der Waals surface area contributed by atoms with E-state index in [-0.39, 0.29) is 5.54 Å². The van der Waals surface area contributed by atoms with Crippen molar-refractivity contribution in [2.45, 2.75) is 52.6 Å². The molecule has 1 heterocycles. The van der Waals surface area contributed by atoms with Gasteiger partial charge in [-0.2, -0.15) is 5.10 Å². The lowest BCUT2D eigenvalue weighted by Gasteiger charge is -2.24. The lowest BCUT2D eigenvalue weighted by molar-refractivity contribution is 0.338. The van der Waals surface area contributed by atoms with Gasteiger partial charge in [-0.15, -0.1) is 0 Å². The van der Waals surface area contributed by atoms with Crippen molar-refractivity contribution >= 4 is 0 Å². The van der Waals surface area contributed by atoms with Crippen LogP contribution in [0.2, 0.25) is 0 Å². The van der Waals surface area contributed by atoms with Crippen molar-refractivity contribution in [3.05, 3.63) is 17.5 Å². The monoisotopic (exact) mass is 209 g/mol. The minimum Gasteiger partial charge on any atom is -0.316 e. The van der Waals surface area contributed by atoms with E-state index < -0.39 is 0 Å². The molecule has 0 fully saturated rings. The van der Waals surface area contributed by atoms with Crippen molar-refractivity contribution in [3.8, 4) is 0 Å². The first-order valence-corrected chi connectivity index (χ1v) is 5.59. The van der Waals surface area contributed by atoms with E-state index in [1.165, 1.54) is 11.3 Å². The summed E-state index contributed by atoms with van der Waals surface area (Å²) in [7, 11) is 1.97. The highest BCUT2D eigenvalue weighted by molar-refractivity contribution is 5.22. The number of hydrogen-bond donors (Lipinski definition) is 1. The summed E-state index contributed by atoms with van der Waals surface area (Å²) >= 11 is 0. The molecule has 0 spiro atoms. The van der Waals surface area contributed by atoms with Gasteiger partial charge >= 0.3 is 0 Å². The quantitative estimate of drug-likeness (QED) is 0.829. The summed E-state index contributed by atoms with van der Waals surface area (Å²) in [6, 6.07) is 0. The van der Waals surface area contributed by atoms with Crippen molar-refractivity contribution in [1.29, 1.82) is 0 Å². The number of rotatable bonds is 3. The first-order chi connectivity index (χ1) is 6.88. The Hall–Kier alpha value is -0.830. The summed E-state index contributed by atoms with van der Waals surface area (Å²) in [5.41, 5.74) is 2.71. The number of aromatic nitrogens is 2. The maximum absolute atomic E-state index is 4.50. The van der Waals surface area contributed by atoms with Gasteiger partial charge in [-0.3, -0.25) is 4.68 Å². The van der Waals surface area contributed by atoms with E-state index in [1.54, 1.807) is 0 Å². The van der Waals surface area contributed by atoms with E-state index in [4.69, 9.17) is 0 Å². The molecule has 0 atom stereocenters. The van der Waals surface area contributed by atoms with Crippen molar-refractivity contribution in [3.63, 3.8) is 0 Å². The minimum atomic E-state index is 0.0611. The molecule has 0 unspecified atom stereocenters. The smallest absolute Gasteiger partial charge is 0.0546 e. The summed E-state index contributed by atoms with van der Waals surface area (Å²) in [6.45, 7) is 11.9. The average Bonchev–Trinajstić information content (AvgIpc) is 2.47. The summed E-state index contributed by atoms with van der Waals surface area (Å²) in [4.78, 5) is 0. The standard InChI is InChI=1S/C12H23N3/c1-9(2)11-10(7-13-6)8-14-15(11)12(3,4)5/h8-9,13H,7H2,1-6H3. The van der Waals surface area contributed by atoms with Gasteiger partial charge in [0.1, 0.15) is 0 Å². The zero-order valence-corrected chi connectivity index (χ0v) is 10.8. The molecule has 1 aromatic heterocycles. The Bertz CT molecular complexity index is 318.